The molecule has 2 aromatic rings. The second kappa shape index (κ2) is 8.66. The van der Waals surface area contributed by atoms with E-state index in [1.165, 1.54) is 11.4 Å². The topological polar surface area (TPSA) is 70.5 Å². The highest BCUT2D eigenvalue weighted by Crippen LogP contribution is 2.19. The molecule has 0 saturated carbocycles. The maximum Gasteiger partial charge on any atom is 0.0368 e. The van der Waals surface area contributed by atoms with E-state index < -0.39 is 0 Å². The standard InChI is InChI=1S/C18H25N5.ClH/c19-15-1-5-17(6-2-15)22-11-9-21-10-12-23(14-13-22)18-7-3-16(20)4-8-18;/h1-8,21H,9-14,19-20H2;1H. The molecule has 3 rings (SSSR count). The van der Waals surface area contributed by atoms with Crippen LogP contribution in [0, 0.1) is 0 Å². The van der Waals surface area contributed by atoms with Gasteiger partial charge in [0.05, 0.1) is 0 Å². The first-order valence-corrected chi connectivity index (χ1v) is 8.14. The number of nitrogen functional groups attached to an aromatic ring is 2. The number of anilines is 4. The third kappa shape index (κ3) is 4.69. The van der Waals surface area contributed by atoms with Gasteiger partial charge in [-0.15, -0.1) is 12.4 Å². The Kier molecular flexibility index (Phi) is 6.58. The molecule has 5 nitrogen and oxygen atoms in total. The predicted octanol–water partition coefficient (Wildman–Crippen LogP) is 2.19. The van der Waals surface area contributed by atoms with Crippen molar-refractivity contribution in [3.63, 3.8) is 0 Å². The molecule has 0 atom stereocenters. The van der Waals surface area contributed by atoms with Crippen LogP contribution in [0.5, 0.6) is 0 Å². The van der Waals surface area contributed by atoms with Gasteiger partial charge in [0.1, 0.15) is 0 Å². The molecule has 0 amide bonds. The molecule has 1 fully saturated rings. The van der Waals surface area contributed by atoms with Crippen molar-refractivity contribution in [2.75, 3.05) is 60.5 Å². The second-order valence-corrected chi connectivity index (χ2v) is 5.91. The summed E-state index contributed by atoms with van der Waals surface area (Å²) in [7, 11) is 0. The summed E-state index contributed by atoms with van der Waals surface area (Å²) in [5, 5.41) is 3.52. The van der Waals surface area contributed by atoms with Gasteiger partial charge in [-0.2, -0.15) is 0 Å². The summed E-state index contributed by atoms with van der Waals surface area (Å²) in [6.45, 7) is 5.94. The van der Waals surface area contributed by atoms with Crippen molar-refractivity contribution >= 4 is 35.2 Å². The van der Waals surface area contributed by atoms with E-state index in [1.807, 2.05) is 24.3 Å². The lowest BCUT2D eigenvalue weighted by Crippen LogP contribution is -2.36. The van der Waals surface area contributed by atoms with Crippen LogP contribution in [0.25, 0.3) is 0 Å². The lowest BCUT2D eigenvalue weighted by Gasteiger charge is -2.29. The van der Waals surface area contributed by atoms with Crippen LogP contribution in [-0.2, 0) is 0 Å². The molecule has 24 heavy (non-hydrogen) atoms. The first-order chi connectivity index (χ1) is 11.2. The molecular formula is C18H26ClN5. The Bertz CT molecular complexity index is 559. The fraction of sp³-hybridized carbons (Fsp3) is 0.333. The summed E-state index contributed by atoms with van der Waals surface area (Å²) in [6.07, 6.45) is 0. The Morgan fingerprint density at radius 3 is 1.38 bits per heavy atom. The van der Waals surface area contributed by atoms with E-state index in [-0.39, 0.29) is 12.4 Å². The van der Waals surface area contributed by atoms with Crippen molar-refractivity contribution in [2.24, 2.45) is 0 Å². The highest BCUT2D eigenvalue weighted by molar-refractivity contribution is 5.85. The minimum absolute atomic E-state index is 0. The molecule has 130 valence electrons. The third-order valence-corrected chi connectivity index (χ3v) is 4.27. The Morgan fingerprint density at radius 2 is 1.00 bits per heavy atom. The monoisotopic (exact) mass is 347 g/mol. The summed E-state index contributed by atoms with van der Waals surface area (Å²) >= 11 is 0. The Balaban J connectivity index is 0.00000208. The van der Waals surface area contributed by atoms with Crippen LogP contribution in [-0.4, -0.2) is 39.3 Å². The summed E-state index contributed by atoms with van der Waals surface area (Å²) in [5.74, 6) is 0. The Labute approximate surface area is 150 Å². The average molecular weight is 348 g/mol. The molecule has 0 aliphatic carbocycles. The number of hydrogen-bond acceptors (Lipinski definition) is 5. The van der Waals surface area contributed by atoms with Gasteiger partial charge in [0.25, 0.3) is 0 Å². The number of nitrogens with zero attached hydrogens (tertiary/aromatic N) is 2. The van der Waals surface area contributed by atoms with E-state index in [9.17, 15) is 0 Å². The van der Waals surface area contributed by atoms with Crippen molar-refractivity contribution in [1.29, 1.82) is 0 Å². The zero-order valence-corrected chi connectivity index (χ0v) is 14.6. The van der Waals surface area contributed by atoms with E-state index in [0.717, 1.165) is 50.6 Å². The Morgan fingerprint density at radius 1 is 0.625 bits per heavy atom. The van der Waals surface area contributed by atoms with Crippen molar-refractivity contribution in [3.05, 3.63) is 48.5 Å². The van der Waals surface area contributed by atoms with Gasteiger partial charge >= 0.3 is 0 Å². The van der Waals surface area contributed by atoms with Crippen LogP contribution in [0.1, 0.15) is 0 Å². The van der Waals surface area contributed by atoms with Gasteiger partial charge in [-0.05, 0) is 48.5 Å². The molecule has 5 N–H and O–H groups in total. The van der Waals surface area contributed by atoms with E-state index in [0.29, 0.717) is 0 Å². The molecule has 1 heterocycles. The predicted molar refractivity (Wildman–Crippen MR) is 106 cm³/mol. The van der Waals surface area contributed by atoms with Crippen molar-refractivity contribution < 1.29 is 0 Å². The van der Waals surface area contributed by atoms with E-state index in [1.54, 1.807) is 0 Å². The normalized spacial score (nSPS) is 15.8. The Hall–Kier alpha value is -2.11. The lowest BCUT2D eigenvalue weighted by atomic mass is 10.2. The fourth-order valence-corrected chi connectivity index (χ4v) is 2.90. The highest BCUT2D eigenvalue weighted by Gasteiger charge is 2.13. The van der Waals surface area contributed by atoms with Gasteiger partial charge in [0.2, 0.25) is 0 Å². The summed E-state index contributed by atoms with van der Waals surface area (Å²) in [5.41, 5.74) is 15.7. The van der Waals surface area contributed by atoms with Crippen LogP contribution >= 0.6 is 12.4 Å². The number of benzene rings is 2. The minimum Gasteiger partial charge on any atom is -0.399 e. The summed E-state index contributed by atoms with van der Waals surface area (Å²) < 4.78 is 0. The van der Waals surface area contributed by atoms with E-state index in [4.69, 9.17) is 11.5 Å². The smallest absolute Gasteiger partial charge is 0.0368 e. The summed E-state index contributed by atoms with van der Waals surface area (Å²) in [4.78, 5) is 4.81. The van der Waals surface area contributed by atoms with Crippen LogP contribution < -0.4 is 26.6 Å². The number of halogens is 1. The molecule has 1 saturated heterocycles. The number of nitrogens with two attached hydrogens (primary N) is 2. The lowest BCUT2D eigenvalue weighted by molar-refractivity contribution is 0.686. The maximum atomic E-state index is 5.80. The fourth-order valence-electron chi connectivity index (χ4n) is 2.90. The molecule has 0 aromatic heterocycles. The van der Waals surface area contributed by atoms with Crippen LogP contribution in [0.3, 0.4) is 0 Å². The molecular weight excluding hydrogens is 322 g/mol. The SMILES string of the molecule is Cl.Nc1ccc(N2CCNCCN(c3ccc(N)cc3)CC2)cc1. The molecule has 2 aromatic carbocycles. The van der Waals surface area contributed by atoms with Gasteiger partial charge in [-0.1, -0.05) is 0 Å². The third-order valence-electron chi connectivity index (χ3n) is 4.27. The van der Waals surface area contributed by atoms with Crippen molar-refractivity contribution in [1.82, 2.24) is 5.32 Å². The van der Waals surface area contributed by atoms with Gasteiger partial charge < -0.3 is 26.6 Å². The first-order valence-electron chi connectivity index (χ1n) is 8.14. The number of nitrogens with one attached hydrogen (secondary N) is 1. The molecule has 0 spiro atoms. The van der Waals surface area contributed by atoms with E-state index >= 15 is 0 Å². The zero-order valence-electron chi connectivity index (χ0n) is 13.8. The molecule has 1 aliphatic heterocycles. The minimum atomic E-state index is 0. The van der Waals surface area contributed by atoms with Gasteiger partial charge in [-0.25, -0.2) is 0 Å². The second-order valence-electron chi connectivity index (χ2n) is 5.91. The maximum absolute atomic E-state index is 5.80. The number of rotatable bonds is 2. The molecule has 0 bridgehead atoms. The van der Waals surface area contributed by atoms with Crippen LogP contribution in [0.2, 0.25) is 0 Å². The molecule has 0 unspecified atom stereocenters. The molecule has 6 heteroatoms. The number of hydrogen-bond donors (Lipinski definition) is 3. The highest BCUT2D eigenvalue weighted by atomic mass is 35.5. The van der Waals surface area contributed by atoms with Gasteiger partial charge in [-0.3, -0.25) is 0 Å². The largest absolute Gasteiger partial charge is 0.399 e. The molecule has 1 aliphatic rings. The zero-order chi connectivity index (χ0) is 16.1. The quantitative estimate of drug-likeness (QED) is 0.726. The van der Waals surface area contributed by atoms with Crippen LogP contribution in [0.15, 0.2) is 48.5 Å². The van der Waals surface area contributed by atoms with Crippen molar-refractivity contribution in [3.8, 4) is 0 Å². The van der Waals surface area contributed by atoms with Gasteiger partial charge in [0.15, 0.2) is 0 Å². The average Bonchev–Trinajstić information content (AvgIpc) is 2.68. The molecule has 0 radical (unpaired) electrons. The van der Waals surface area contributed by atoms with E-state index in [2.05, 4.69) is 39.4 Å². The summed E-state index contributed by atoms with van der Waals surface area (Å²) in [6, 6.07) is 16.3. The first kappa shape index (κ1) is 18.2. The van der Waals surface area contributed by atoms with Gasteiger partial charge in [0, 0.05) is 62.0 Å². The van der Waals surface area contributed by atoms with Crippen molar-refractivity contribution in [2.45, 2.75) is 0 Å². The van der Waals surface area contributed by atoms with Crippen LogP contribution in [0.4, 0.5) is 22.7 Å².